The van der Waals surface area contributed by atoms with Crippen LogP contribution in [-0.2, 0) is 0 Å². The molecular weight excluding hydrogens is 791 g/mol. The van der Waals surface area contributed by atoms with Gasteiger partial charge in [-0.1, -0.05) is 164 Å². The van der Waals surface area contributed by atoms with Crippen molar-refractivity contribution in [2.24, 2.45) is 0 Å². The van der Waals surface area contributed by atoms with Gasteiger partial charge in [0.15, 0.2) is 0 Å². The van der Waals surface area contributed by atoms with Crippen LogP contribution < -0.4 is 0 Å². The quantitative estimate of drug-likeness (QED) is 0.168. The Hall–Kier alpha value is -8.91. The van der Waals surface area contributed by atoms with Gasteiger partial charge in [0, 0.05) is 38.4 Å². The molecule has 0 saturated carbocycles. The summed E-state index contributed by atoms with van der Waals surface area (Å²) in [5.41, 5.74) is 16.8. The van der Waals surface area contributed by atoms with Gasteiger partial charge in [0.05, 0.1) is 39.0 Å². The van der Waals surface area contributed by atoms with Gasteiger partial charge in [-0.05, 0) is 99.1 Å². The van der Waals surface area contributed by atoms with Crippen LogP contribution in [0, 0.1) is 11.3 Å². The van der Waals surface area contributed by atoms with Crippen molar-refractivity contribution in [3.05, 3.63) is 230 Å². The van der Waals surface area contributed by atoms with Crippen LogP contribution in [0.1, 0.15) is 5.56 Å². The van der Waals surface area contributed by atoms with Crippen LogP contribution >= 0.6 is 0 Å². The highest BCUT2D eigenvalue weighted by molar-refractivity contribution is 6.17. The summed E-state index contributed by atoms with van der Waals surface area (Å²) in [5.74, 6) is 0. The molecule has 0 fully saturated rings. The maximum absolute atomic E-state index is 11.7. The minimum absolute atomic E-state index is 0.553. The zero-order chi connectivity index (χ0) is 43.0. The highest BCUT2D eigenvalue weighted by atomic mass is 16.3. The lowest BCUT2D eigenvalue weighted by Crippen LogP contribution is -2.06. The lowest BCUT2D eigenvalue weighted by molar-refractivity contribution is 0.668. The zero-order valence-corrected chi connectivity index (χ0v) is 35.1. The molecule has 0 aliphatic rings. The van der Waals surface area contributed by atoms with E-state index < -0.39 is 0 Å². The molecule has 0 saturated heterocycles. The van der Waals surface area contributed by atoms with Crippen LogP contribution in [0.5, 0.6) is 0 Å². The maximum Gasteiger partial charge on any atom is 0.139 e. The minimum Gasteiger partial charge on any atom is -0.456 e. The average Bonchev–Trinajstić information content (AvgIpc) is 4.03. The number of benzene rings is 10. The molecule has 13 rings (SSSR count). The maximum atomic E-state index is 11.7. The second kappa shape index (κ2) is 14.6. The Morgan fingerprint density at radius 1 is 0.323 bits per heavy atom. The third kappa shape index (κ3) is 5.77. The number of hydrogen-bond donors (Lipinski definition) is 0. The van der Waals surface area contributed by atoms with E-state index in [9.17, 15) is 5.26 Å². The van der Waals surface area contributed by atoms with Gasteiger partial charge in [-0.25, -0.2) is 0 Å². The fourth-order valence-electron chi connectivity index (χ4n) is 10.2. The number of nitriles is 1. The largest absolute Gasteiger partial charge is 0.456 e. The third-order valence-corrected chi connectivity index (χ3v) is 13.2. The van der Waals surface area contributed by atoms with E-state index in [0.717, 1.165) is 116 Å². The van der Waals surface area contributed by atoms with E-state index in [0.29, 0.717) is 11.1 Å². The van der Waals surface area contributed by atoms with Crippen molar-refractivity contribution >= 4 is 65.6 Å². The molecule has 302 valence electrons. The molecule has 4 nitrogen and oxygen atoms in total. The van der Waals surface area contributed by atoms with E-state index in [4.69, 9.17) is 4.42 Å². The van der Waals surface area contributed by atoms with Gasteiger partial charge in [0.2, 0.25) is 0 Å². The van der Waals surface area contributed by atoms with Gasteiger partial charge < -0.3 is 13.6 Å². The van der Waals surface area contributed by atoms with Crippen LogP contribution in [0.15, 0.2) is 229 Å². The molecule has 13 aromatic rings. The van der Waals surface area contributed by atoms with Crippen LogP contribution in [0.25, 0.3) is 121 Å². The summed E-state index contributed by atoms with van der Waals surface area (Å²) in [6, 6.07) is 82.3. The van der Waals surface area contributed by atoms with Gasteiger partial charge in [-0.2, -0.15) is 5.26 Å². The van der Waals surface area contributed by atoms with Crippen molar-refractivity contribution < 1.29 is 4.42 Å². The number of para-hydroxylation sites is 1. The van der Waals surface area contributed by atoms with Crippen molar-refractivity contribution in [3.8, 4) is 62.0 Å². The van der Waals surface area contributed by atoms with Crippen molar-refractivity contribution in [3.63, 3.8) is 0 Å². The number of nitrogens with zero attached hydrogens (tertiary/aromatic N) is 3. The summed E-state index contributed by atoms with van der Waals surface area (Å²) >= 11 is 0. The summed E-state index contributed by atoms with van der Waals surface area (Å²) in [5, 5.41) is 17.8. The molecule has 3 aromatic heterocycles. The Kier molecular flexibility index (Phi) is 8.24. The van der Waals surface area contributed by atoms with Crippen LogP contribution in [0.2, 0.25) is 0 Å². The van der Waals surface area contributed by atoms with Crippen molar-refractivity contribution in [1.29, 1.82) is 5.26 Å². The monoisotopic (exact) mass is 827 g/mol. The zero-order valence-electron chi connectivity index (χ0n) is 35.1. The first-order valence-electron chi connectivity index (χ1n) is 22.0. The summed E-state index contributed by atoms with van der Waals surface area (Å²) in [6.07, 6.45) is 0. The van der Waals surface area contributed by atoms with Crippen molar-refractivity contribution in [1.82, 2.24) is 9.13 Å². The van der Waals surface area contributed by atoms with E-state index in [2.05, 4.69) is 221 Å². The number of hydrogen-bond acceptors (Lipinski definition) is 2. The van der Waals surface area contributed by atoms with Crippen molar-refractivity contribution in [2.75, 3.05) is 0 Å². The smallest absolute Gasteiger partial charge is 0.139 e. The molecule has 0 unspecified atom stereocenters. The second-order valence-electron chi connectivity index (χ2n) is 16.8. The van der Waals surface area contributed by atoms with E-state index in [1.807, 2.05) is 18.2 Å². The molecule has 0 atom stereocenters. The first-order valence-corrected chi connectivity index (χ1v) is 22.0. The molecular formula is C61H37N3O. The summed E-state index contributed by atoms with van der Waals surface area (Å²) < 4.78 is 11.4. The molecule has 0 aliphatic heterocycles. The van der Waals surface area contributed by atoms with Crippen LogP contribution in [0.3, 0.4) is 0 Å². The van der Waals surface area contributed by atoms with Gasteiger partial charge in [-0.15, -0.1) is 0 Å². The molecule has 0 bridgehead atoms. The predicted octanol–water partition coefficient (Wildman–Crippen LogP) is 16.3. The molecule has 3 heterocycles. The normalized spacial score (nSPS) is 11.7. The van der Waals surface area contributed by atoms with Crippen LogP contribution in [0.4, 0.5) is 0 Å². The summed E-state index contributed by atoms with van der Waals surface area (Å²) in [6.45, 7) is 0. The van der Waals surface area contributed by atoms with E-state index in [1.54, 1.807) is 0 Å². The molecule has 0 amide bonds. The average molecular weight is 828 g/mol. The summed E-state index contributed by atoms with van der Waals surface area (Å²) in [7, 11) is 0. The predicted molar refractivity (Wildman–Crippen MR) is 269 cm³/mol. The SMILES string of the molecule is N#Cc1c(-n2c3ccc(-c4ccccc4)cc3c3cc(-c4ccccc4)ccc32)c(-n2c3ccc(-c4ccccc4)cc3c3cc(-c4ccccc4)ccc32)cc2oc3ccccc3c12. The Balaban J connectivity index is 1.19. The fraction of sp³-hybridized carbons (Fsp3) is 0. The first kappa shape index (κ1) is 36.7. The molecule has 0 N–H and O–H groups in total. The van der Waals surface area contributed by atoms with Gasteiger partial charge in [0.25, 0.3) is 0 Å². The Morgan fingerprint density at radius 2 is 0.692 bits per heavy atom. The molecule has 4 heteroatoms. The highest BCUT2D eigenvalue weighted by Gasteiger charge is 2.27. The van der Waals surface area contributed by atoms with Gasteiger partial charge >= 0.3 is 0 Å². The second-order valence-corrected chi connectivity index (χ2v) is 16.8. The van der Waals surface area contributed by atoms with Gasteiger partial charge in [-0.3, -0.25) is 0 Å². The number of fused-ring (bicyclic) bond motifs is 9. The first-order chi connectivity index (χ1) is 32.2. The van der Waals surface area contributed by atoms with E-state index >= 15 is 0 Å². The molecule has 0 aliphatic carbocycles. The van der Waals surface area contributed by atoms with Gasteiger partial charge in [0.1, 0.15) is 17.2 Å². The molecule has 65 heavy (non-hydrogen) atoms. The topological polar surface area (TPSA) is 46.8 Å². The van der Waals surface area contributed by atoms with Crippen LogP contribution in [-0.4, -0.2) is 9.13 Å². The Morgan fingerprint density at radius 3 is 1.09 bits per heavy atom. The standard InChI is InChI=1S/C61H37N3O/c62-38-52-60-47-23-13-14-24-58(47)65-59(60)37-57(63-53-29-25-43(39-15-5-1-6-16-39)33-48(53)49-34-44(26-30-54(49)63)40-17-7-2-8-18-40)61(52)64-55-31-27-45(41-19-9-3-10-20-41)35-50(55)51-36-46(28-32-56(51)64)42-21-11-4-12-22-42/h1-37H. The third-order valence-electron chi connectivity index (χ3n) is 13.2. The lowest BCUT2D eigenvalue weighted by Gasteiger charge is -2.19. The molecule has 10 aromatic carbocycles. The number of rotatable bonds is 6. The Labute approximate surface area is 374 Å². The highest BCUT2D eigenvalue weighted by Crippen LogP contribution is 2.46. The summed E-state index contributed by atoms with van der Waals surface area (Å²) in [4.78, 5) is 0. The number of aromatic nitrogens is 2. The fourth-order valence-corrected chi connectivity index (χ4v) is 10.2. The molecule has 0 spiro atoms. The van der Waals surface area contributed by atoms with E-state index in [-0.39, 0.29) is 0 Å². The van der Waals surface area contributed by atoms with E-state index in [1.165, 1.54) is 0 Å². The van der Waals surface area contributed by atoms with Crippen molar-refractivity contribution in [2.45, 2.75) is 0 Å². The minimum atomic E-state index is 0.553. The Bertz CT molecular complexity index is 3850. The lowest BCUT2D eigenvalue weighted by atomic mass is 10.0. The molecule has 0 radical (unpaired) electrons. The number of furan rings is 1.